The number of hydrogen-bond donors (Lipinski definition) is 0. The molecule has 6 heteroatoms. The molecule has 0 spiro atoms. The van der Waals surface area contributed by atoms with Gasteiger partial charge in [0.05, 0.1) is 10.5 Å². The first-order valence-electron chi connectivity index (χ1n) is 8.45. The van der Waals surface area contributed by atoms with E-state index in [1.807, 2.05) is 4.90 Å². The minimum atomic E-state index is -3.30. The maximum absolute atomic E-state index is 13.7. The maximum Gasteiger partial charge on any atom is 0.255 e. The van der Waals surface area contributed by atoms with Crippen molar-refractivity contribution in [3.8, 4) is 0 Å². The molecule has 1 saturated carbocycles. The highest BCUT2D eigenvalue weighted by molar-refractivity contribution is 7.90. The summed E-state index contributed by atoms with van der Waals surface area (Å²) < 4.78 is 37.1. The van der Waals surface area contributed by atoms with Crippen LogP contribution in [0.5, 0.6) is 0 Å². The highest BCUT2D eigenvalue weighted by Gasteiger charge is 2.40. The van der Waals surface area contributed by atoms with Crippen LogP contribution in [0.25, 0.3) is 11.1 Å². The van der Waals surface area contributed by atoms with Gasteiger partial charge in [-0.1, -0.05) is 24.3 Å². The van der Waals surface area contributed by atoms with E-state index in [0.29, 0.717) is 23.2 Å². The third-order valence-electron chi connectivity index (χ3n) is 4.84. The summed E-state index contributed by atoms with van der Waals surface area (Å²) in [6.45, 7) is 0.454. The summed E-state index contributed by atoms with van der Waals surface area (Å²) in [4.78, 5) is 15.0. The molecule has 1 aliphatic heterocycles. The lowest BCUT2D eigenvalue weighted by atomic mass is 9.97. The molecule has 0 radical (unpaired) electrons. The standard InChI is InChI=1S/C20H18FNO3S/c1-26(24,25)17-9-5-13(6-10-17)19-18(14-3-2-4-15(21)11-14)12-22(20(19)23)16-7-8-16/h2-6,9-11,16H,7-8,12H2,1H3. The molecule has 0 N–H and O–H groups in total. The monoisotopic (exact) mass is 371 g/mol. The second-order valence-corrected chi connectivity index (χ2v) is 8.84. The molecule has 134 valence electrons. The molecule has 1 aliphatic carbocycles. The summed E-state index contributed by atoms with van der Waals surface area (Å²) in [7, 11) is -3.30. The first kappa shape index (κ1) is 17.0. The first-order valence-corrected chi connectivity index (χ1v) is 10.3. The van der Waals surface area contributed by atoms with Crippen molar-refractivity contribution in [1.29, 1.82) is 0 Å². The van der Waals surface area contributed by atoms with E-state index in [9.17, 15) is 17.6 Å². The molecule has 1 fully saturated rings. The average Bonchev–Trinajstić information content (AvgIpc) is 3.37. The number of sulfone groups is 1. The van der Waals surface area contributed by atoms with Gasteiger partial charge in [0.25, 0.3) is 5.91 Å². The van der Waals surface area contributed by atoms with Crippen molar-refractivity contribution >= 4 is 26.9 Å². The van der Waals surface area contributed by atoms with Crippen LogP contribution in [0.1, 0.15) is 24.0 Å². The van der Waals surface area contributed by atoms with E-state index in [0.717, 1.165) is 24.7 Å². The van der Waals surface area contributed by atoms with Crippen molar-refractivity contribution in [2.75, 3.05) is 12.8 Å². The van der Waals surface area contributed by atoms with Gasteiger partial charge in [-0.3, -0.25) is 4.79 Å². The van der Waals surface area contributed by atoms with Crippen LogP contribution in [-0.2, 0) is 14.6 Å². The van der Waals surface area contributed by atoms with E-state index < -0.39 is 9.84 Å². The lowest BCUT2D eigenvalue weighted by Crippen LogP contribution is -2.29. The Morgan fingerprint density at radius 1 is 1.04 bits per heavy atom. The molecular weight excluding hydrogens is 353 g/mol. The van der Waals surface area contributed by atoms with Gasteiger partial charge in [-0.25, -0.2) is 12.8 Å². The molecule has 26 heavy (non-hydrogen) atoms. The van der Waals surface area contributed by atoms with Crippen molar-refractivity contribution in [1.82, 2.24) is 4.90 Å². The number of amides is 1. The Labute approximate surface area is 151 Å². The molecule has 2 aromatic rings. The summed E-state index contributed by atoms with van der Waals surface area (Å²) in [6, 6.07) is 12.8. The molecule has 1 amide bonds. The van der Waals surface area contributed by atoms with Crippen molar-refractivity contribution in [3.63, 3.8) is 0 Å². The smallest absolute Gasteiger partial charge is 0.255 e. The fourth-order valence-corrected chi connectivity index (χ4v) is 3.98. The van der Waals surface area contributed by atoms with Crippen molar-refractivity contribution in [2.45, 2.75) is 23.8 Å². The topological polar surface area (TPSA) is 54.5 Å². The van der Waals surface area contributed by atoms with Gasteiger partial charge < -0.3 is 4.90 Å². The van der Waals surface area contributed by atoms with Crippen LogP contribution in [-0.4, -0.2) is 38.1 Å². The number of carbonyl (C=O) groups excluding carboxylic acids is 1. The molecule has 0 saturated heterocycles. The van der Waals surface area contributed by atoms with Crippen molar-refractivity contribution in [3.05, 3.63) is 65.5 Å². The molecule has 4 nitrogen and oxygen atoms in total. The lowest BCUT2D eigenvalue weighted by molar-refractivity contribution is -0.124. The van der Waals surface area contributed by atoms with Gasteiger partial charge in [0, 0.05) is 18.8 Å². The summed E-state index contributed by atoms with van der Waals surface area (Å²) in [5, 5.41) is 0. The minimum absolute atomic E-state index is 0.0705. The number of rotatable bonds is 4. The van der Waals surface area contributed by atoms with E-state index in [-0.39, 0.29) is 22.7 Å². The van der Waals surface area contributed by atoms with Gasteiger partial charge in [-0.15, -0.1) is 0 Å². The lowest BCUT2D eigenvalue weighted by Gasteiger charge is -2.15. The Bertz CT molecular complexity index is 1020. The Balaban J connectivity index is 1.82. The van der Waals surface area contributed by atoms with E-state index >= 15 is 0 Å². The molecule has 0 aromatic heterocycles. The third-order valence-corrected chi connectivity index (χ3v) is 5.97. The largest absolute Gasteiger partial charge is 0.331 e. The SMILES string of the molecule is CS(=O)(=O)c1ccc(C2=C(c3cccc(F)c3)CN(C3CC3)C2=O)cc1. The highest BCUT2D eigenvalue weighted by atomic mass is 32.2. The molecule has 2 aliphatic rings. The first-order chi connectivity index (χ1) is 12.3. The minimum Gasteiger partial charge on any atom is -0.331 e. The van der Waals surface area contributed by atoms with Gasteiger partial charge in [0.1, 0.15) is 5.82 Å². The highest BCUT2D eigenvalue weighted by Crippen LogP contribution is 2.40. The second kappa shape index (κ2) is 6.06. The zero-order chi connectivity index (χ0) is 18.5. The van der Waals surface area contributed by atoms with Crippen LogP contribution >= 0.6 is 0 Å². The maximum atomic E-state index is 13.7. The summed E-state index contributed by atoms with van der Waals surface area (Å²) in [6.07, 6.45) is 3.12. The Morgan fingerprint density at radius 3 is 2.31 bits per heavy atom. The van der Waals surface area contributed by atoms with Crippen LogP contribution in [0.4, 0.5) is 4.39 Å². The molecule has 0 atom stereocenters. The van der Waals surface area contributed by atoms with Crippen LogP contribution in [0, 0.1) is 5.82 Å². The van der Waals surface area contributed by atoms with E-state index in [2.05, 4.69) is 0 Å². The number of hydrogen-bond acceptors (Lipinski definition) is 3. The van der Waals surface area contributed by atoms with Gasteiger partial charge in [-0.05, 0) is 53.8 Å². The normalized spacial score (nSPS) is 17.9. The third kappa shape index (κ3) is 3.05. The molecule has 4 rings (SSSR count). The van der Waals surface area contributed by atoms with Crippen LogP contribution in [0.15, 0.2) is 53.4 Å². The van der Waals surface area contributed by atoms with Gasteiger partial charge in [0.15, 0.2) is 9.84 Å². The molecule has 2 aromatic carbocycles. The summed E-state index contributed by atoms with van der Waals surface area (Å²) in [5.74, 6) is -0.419. The van der Waals surface area contributed by atoms with E-state index in [1.54, 1.807) is 24.3 Å². The molecule has 0 unspecified atom stereocenters. The Hall–Kier alpha value is -2.47. The fraction of sp³-hybridized carbons (Fsp3) is 0.250. The molecular formula is C20H18FNO3S. The predicted octanol–water partition coefficient (Wildman–Crippen LogP) is 3.14. The van der Waals surface area contributed by atoms with Crippen LogP contribution in [0.3, 0.4) is 0 Å². The number of benzene rings is 2. The average molecular weight is 371 g/mol. The van der Waals surface area contributed by atoms with Crippen molar-refractivity contribution in [2.24, 2.45) is 0 Å². The fourth-order valence-electron chi connectivity index (χ4n) is 3.35. The Kier molecular flexibility index (Phi) is 3.95. The van der Waals surface area contributed by atoms with E-state index in [4.69, 9.17) is 0 Å². The zero-order valence-electron chi connectivity index (χ0n) is 14.3. The van der Waals surface area contributed by atoms with Crippen LogP contribution in [0.2, 0.25) is 0 Å². The Morgan fingerprint density at radius 2 is 1.73 bits per heavy atom. The second-order valence-electron chi connectivity index (χ2n) is 6.82. The van der Waals surface area contributed by atoms with Gasteiger partial charge >= 0.3 is 0 Å². The van der Waals surface area contributed by atoms with Crippen LogP contribution < -0.4 is 0 Å². The van der Waals surface area contributed by atoms with Crippen molar-refractivity contribution < 1.29 is 17.6 Å². The molecule has 0 bridgehead atoms. The van der Waals surface area contributed by atoms with Gasteiger partial charge in [-0.2, -0.15) is 0 Å². The number of carbonyl (C=O) groups is 1. The van der Waals surface area contributed by atoms with Gasteiger partial charge in [0.2, 0.25) is 0 Å². The summed E-state index contributed by atoms with van der Waals surface area (Å²) >= 11 is 0. The zero-order valence-corrected chi connectivity index (χ0v) is 15.1. The quantitative estimate of drug-likeness (QED) is 0.830. The van der Waals surface area contributed by atoms with E-state index in [1.165, 1.54) is 24.3 Å². The predicted molar refractivity (Wildman–Crippen MR) is 97.5 cm³/mol. The molecule has 1 heterocycles. The number of halogens is 1. The summed E-state index contributed by atoms with van der Waals surface area (Å²) in [5.41, 5.74) is 2.66. The number of nitrogens with zero attached hydrogens (tertiary/aromatic N) is 1.